The summed E-state index contributed by atoms with van der Waals surface area (Å²) in [5.41, 5.74) is 2.70. The van der Waals surface area contributed by atoms with Gasteiger partial charge in [-0.2, -0.15) is 0 Å². The summed E-state index contributed by atoms with van der Waals surface area (Å²) in [4.78, 5) is 25.4. The highest BCUT2D eigenvalue weighted by Crippen LogP contribution is 2.29. The topological polar surface area (TPSA) is 69.6 Å². The summed E-state index contributed by atoms with van der Waals surface area (Å²) in [6.07, 6.45) is 2.42. The molecule has 0 saturated carbocycles. The number of nitrogens with one attached hydrogen (secondary N) is 1. The summed E-state index contributed by atoms with van der Waals surface area (Å²) in [6, 6.07) is 8.36. The van der Waals surface area contributed by atoms with E-state index in [1.54, 1.807) is 4.90 Å². The maximum atomic E-state index is 12.5. The van der Waals surface area contributed by atoms with Gasteiger partial charge < -0.3 is 15.3 Å². The van der Waals surface area contributed by atoms with E-state index in [1.807, 2.05) is 12.1 Å². The number of hydrogen-bond acceptors (Lipinski definition) is 3. The van der Waals surface area contributed by atoms with E-state index in [4.69, 9.17) is 0 Å². The average Bonchev–Trinajstić information content (AvgIpc) is 2.73. The number of nitrogens with zero attached hydrogens (tertiary/aromatic N) is 1. The van der Waals surface area contributed by atoms with Gasteiger partial charge in [-0.05, 0) is 29.9 Å². The second-order valence-corrected chi connectivity index (χ2v) is 6.33. The van der Waals surface area contributed by atoms with E-state index in [1.165, 1.54) is 11.1 Å². The first-order valence-electron chi connectivity index (χ1n) is 7.91. The molecule has 1 aliphatic carbocycles. The fraction of sp³-hybridized carbons (Fsp3) is 0.529. The Balaban J connectivity index is 1.59. The Morgan fingerprint density at radius 1 is 1.23 bits per heavy atom. The SMILES string of the molecule is O=C(O)C1CNCCN(C(=O)CC2Cc3ccccc3C2)C1. The second kappa shape index (κ2) is 6.48. The highest BCUT2D eigenvalue weighted by molar-refractivity contribution is 5.78. The van der Waals surface area contributed by atoms with E-state index in [0.717, 1.165) is 12.8 Å². The fourth-order valence-corrected chi connectivity index (χ4v) is 3.47. The number of carbonyl (C=O) groups excluding carboxylic acids is 1. The summed E-state index contributed by atoms with van der Waals surface area (Å²) < 4.78 is 0. The van der Waals surface area contributed by atoms with Crippen LogP contribution in [0.15, 0.2) is 24.3 Å². The van der Waals surface area contributed by atoms with Crippen molar-refractivity contribution < 1.29 is 14.7 Å². The molecule has 1 amide bonds. The Morgan fingerprint density at radius 3 is 2.55 bits per heavy atom. The molecule has 3 rings (SSSR count). The first-order chi connectivity index (χ1) is 10.6. The molecule has 1 fully saturated rings. The van der Waals surface area contributed by atoms with Gasteiger partial charge >= 0.3 is 5.97 Å². The van der Waals surface area contributed by atoms with Crippen LogP contribution < -0.4 is 5.32 Å². The molecular weight excluding hydrogens is 280 g/mol. The van der Waals surface area contributed by atoms with Crippen LogP contribution in [0.5, 0.6) is 0 Å². The van der Waals surface area contributed by atoms with Crippen molar-refractivity contribution in [3.63, 3.8) is 0 Å². The van der Waals surface area contributed by atoms with Crippen molar-refractivity contribution in [2.45, 2.75) is 19.3 Å². The van der Waals surface area contributed by atoms with Gasteiger partial charge in [0.25, 0.3) is 0 Å². The lowest BCUT2D eigenvalue weighted by Crippen LogP contribution is -2.38. The van der Waals surface area contributed by atoms with Crippen LogP contribution in [-0.2, 0) is 22.4 Å². The first kappa shape index (κ1) is 15.0. The number of carboxylic acids is 1. The number of benzene rings is 1. The maximum Gasteiger partial charge on any atom is 0.309 e. The third-order valence-corrected chi connectivity index (χ3v) is 4.69. The Bertz CT molecular complexity index is 548. The quantitative estimate of drug-likeness (QED) is 0.871. The number of fused-ring (bicyclic) bond motifs is 1. The van der Waals surface area contributed by atoms with Crippen molar-refractivity contribution in [1.29, 1.82) is 0 Å². The van der Waals surface area contributed by atoms with Crippen molar-refractivity contribution in [2.75, 3.05) is 26.2 Å². The molecule has 0 radical (unpaired) electrons. The number of hydrogen-bond donors (Lipinski definition) is 2. The van der Waals surface area contributed by atoms with E-state index in [-0.39, 0.29) is 5.91 Å². The Kier molecular flexibility index (Phi) is 4.43. The van der Waals surface area contributed by atoms with E-state index in [2.05, 4.69) is 17.4 Å². The van der Waals surface area contributed by atoms with Gasteiger partial charge in [-0.1, -0.05) is 24.3 Å². The molecule has 1 unspecified atom stereocenters. The van der Waals surface area contributed by atoms with Gasteiger partial charge in [0, 0.05) is 32.6 Å². The van der Waals surface area contributed by atoms with E-state index in [0.29, 0.717) is 38.5 Å². The summed E-state index contributed by atoms with van der Waals surface area (Å²) in [5.74, 6) is -0.898. The van der Waals surface area contributed by atoms with Crippen molar-refractivity contribution in [3.8, 4) is 0 Å². The highest BCUT2D eigenvalue weighted by atomic mass is 16.4. The maximum absolute atomic E-state index is 12.5. The fourth-order valence-electron chi connectivity index (χ4n) is 3.47. The van der Waals surface area contributed by atoms with Gasteiger partial charge in [0.1, 0.15) is 0 Å². The predicted molar refractivity (Wildman–Crippen MR) is 82.5 cm³/mol. The molecule has 2 N–H and O–H groups in total. The molecule has 2 aliphatic rings. The van der Waals surface area contributed by atoms with Gasteiger partial charge in [-0.25, -0.2) is 0 Å². The lowest BCUT2D eigenvalue weighted by molar-refractivity contribution is -0.143. The summed E-state index contributed by atoms with van der Waals surface area (Å²) in [7, 11) is 0. The molecule has 1 aliphatic heterocycles. The predicted octanol–water partition coefficient (Wildman–Crippen LogP) is 0.924. The van der Waals surface area contributed by atoms with Crippen LogP contribution in [0.25, 0.3) is 0 Å². The standard InChI is InChI=1S/C17H22N2O3/c20-16(19-6-5-18-10-15(11-19)17(21)22)9-12-7-13-3-1-2-4-14(13)8-12/h1-4,12,15,18H,5-11H2,(H,21,22). The van der Waals surface area contributed by atoms with Gasteiger partial charge in [-0.15, -0.1) is 0 Å². The third kappa shape index (κ3) is 3.30. The zero-order chi connectivity index (χ0) is 15.5. The number of amides is 1. The molecule has 1 saturated heterocycles. The molecule has 1 aromatic carbocycles. The van der Waals surface area contributed by atoms with Gasteiger partial charge in [0.2, 0.25) is 5.91 Å². The van der Waals surface area contributed by atoms with Crippen LogP contribution in [0.4, 0.5) is 0 Å². The molecule has 118 valence electrons. The average molecular weight is 302 g/mol. The van der Waals surface area contributed by atoms with E-state index in [9.17, 15) is 14.7 Å². The van der Waals surface area contributed by atoms with Crippen LogP contribution in [-0.4, -0.2) is 48.1 Å². The largest absolute Gasteiger partial charge is 0.481 e. The van der Waals surface area contributed by atoms with E-state index < -0.39 is 11.9 Å². The third-order valence-electron chi connectivity index (χ3n) is 4.69. The van der Waals surface area contributed by atoms with E-state index >= 15 is 0 Å². The molecule has 0 bridgehead atoms. The Hall–Kier alpha value is -1.88. The van der Waals surface area contributed by atoms with Crippen molar-refractivity contribution in [1.82, 2.24) is 10.2 Å². The minimum Gasteiger partial charge on any atom is -0.481 e. The van der Waals surface area contributed by atoms with Crippen LogP contribution in [0.1, 0.15) is 17.5 Å². The number of rotatable bonds is 3. The molecule has 22 heavy (non-hydrogen) atoms. The second-order valence-electron chi connectivity index (χ2n) is 6.33. The summed E-state index contributed by atoms with van der Waals surface area (Å²) >= 11 is 0. The van der Waals surface area contributed by atoms with Crippen LogP contribution in [0, 0.1) is 11.8 Å². The van der Waals surface area contributed by atoms with Crippen LogP contribution in [0.3, 0.4) is 0 Å². The smallest absolute Gasteiger partial charge is 0.309 e. The van der Waals surface area contributed by atoms with Crippen molar-refractivity contribution >= 4 is 11.9 Å². The summed E-state index contributed by atoms with van der Waals surface area (Å²) in [6.45, 7) is 2.03. The lowest BCUT2D eigenvalue weighted by Gasteiger charge is -2.23. The van der Waals surface area contributed by atoms with Crippen LogP contribution >= 0.6 is 0 Å². The zero-order valence-corrected chi connectivity index (χ0v) is 12.6. The lowest BCUT2D eigenvalue weighted by atomic mass is 10.0. The molecule has 0 spiro atoms. The van der Waals surface area contributed by atoms with Gasteiger partial charge in [-0.3, -0.25) is 9.59 Å². The molecule has 5 heteroatoms. The normalized spacial score (nSPS) is 22.2. The highest BCUT2D eigenvalue weighted by Gasteiger charge is 2.29. The Labute approximate surface area is 130 Å². The van der Waals surface area contributed by atoms with Crippen molar-refractivity contribution in [3.05, 3.63) is 35.4 Å². The zero-order valence-electron chi connectivity index (χ0n) is 12.6. The number of carbonyl (C=O) groups is 2. The van der Waals surface area contributed by atoms with Crippen LogP contribution in [0.2, 0.25) is 0 Å². The Morgan fingerprint density at radius 2 is 1.91 bits per heavy atom. The van der Waals surface area contributed by atoms with Gasteiger partial charge in [0.15, 0.2) is 0 Å². The molecule has 0 aromatic heterocycles. The summed E-state index contributed by atoms with van der Waals surface area (Å²) in [5, 5.41) is 12.3. The first-order valence-corrected chi connectivity index (χ1v) is 7.91. The molecule has 1 aromatic rings. The number of aliphatic carboxylic acids is 1. The number of carboxylic acid groups (broad SMARTS) is 1. The van der Waals surface area contributed by atoms with Crippen molar-refractivity contribution in [2.24, 2.45) is 11.8 Å². The molecular formula is C17H22N2O3. The molecule has 5 nitrogen and oxygen atoms in total. The minimum absolute atomic E-state index is 0.0905. The minimum atomic E-state index is -0.833. The monoisotopic (exact) mass is 302 g/mol. The molecule has 1 heterocycles. The molecule has 1 atom stereocenters. The van der Waals surface area contributed by atoms with Gasteiger partial charge in [0.05, 0.1) is 5.92 Å².